The molecule has 0 aliphatic rings. The van der Waals surface area contributed by atoms with E-state index in [1.54, 1.807) is 24.3 Å². The lowest BCUT2D eigenvalue weighted by Crippen LogP contribution is -2.18. The van der Waals surface area contributed by atoms with Gasteiger partial charge in [0.05, 0.1) is 12.4 Å². The van der Waals surface area contributed by atoms with E-state index >= 15 is 0 Å². The highest BCUT2D eigenvalue weighted by atomic mass is 32.1. The number of phenolic OH excluding ortho intramolecular Hbond substituents is 1. The Morgan fingerprint density at radius 2 is 1.87 bits per heavy atom. The predicted octanol–water partition coefficient (Wildman–Crippen LogP) is 4.28. The highest BCUT2D eigenvalue weighted by Crippen LogP contribution is 2.27. The first-order chi connectivity index (χ1) is 14.3. The molecule has 0 aromatic heterocycles. The maximum Gasteiger partial charge on any atom is 0.412 e. The summed E-state index contributed by atoms with van der Waals surface area (Å²) in [5.41, 5.74) is 1.26. The third kappa shape index (κ3) is 7.07. The van der Waals surface area contributed by atoms with E-state index in [1.807, 2.05) is 0 Å². The van der Waals surface area contributed by atoms with Gasteiger partial charge >= 0.3 is 12.1 Å². The molecule has 2 N–H and O–H groups in total. The lowest BCUT2D eigenvalue weighted by atomic mass is 10.0. The third-order valence-electron chi connectivity index (χ3n) is 4.13. The normalized spacial score (nSPS) is 11.4. The van der Waals surface area contributed by atoms with Gasteiger partial charge in [0.15, 0.2) is 17.3 Å². The van der Waals surface area contributed by atoms with Gasteiger partial charge in [-0.3, -0.25) is 14.9 Å². The molecule has 1 atom stereocenters. The van der Waals surface area contributed by atoms with Crippen molar-refractivity contribution in [2.24, 2.45) is 0 Å². The van der Waals surface area contributed by atoms with Gasteiger partial charge < -0.3 is 14.6 Å². The number of thiol groups is 1. The Balaban J connectivity index is 2.04. The van der Waals surface area contributed by atoms with Crippen LogP contribution >= 0.6 is 12.6 Å². The fourth-order valence-corrected chi connectivity index (χ4v) is 2.67. The van der Waals surface area contributed by atoms with Crippen molar-refractivity contribution in [2.75, 3.05) is 17.7 Å². The number of halogens is 1. The van der Waals surface area contributed by atoms with Gasteiger partial charge in [0, 0.05) is 11.3 Å². The average molecular weight is 435 g/mol. The van der Waals surface area contributed by atoms with Crippen LogP contribution in [-0.4, -0.2) is 35.3 Å². The average Bonchev–Trinajstić information content (AvgIpc) is 2.72. The smallest absolute Gasteiger partial charge is 0.412 e. The Bertz CT molecular complexity index is 903. The number of benzene rings is 2. The number of ketones is 1. The lowest BCUT2D eigenvalue weighted by Gasteiger charge is -2.19. The van der Waals surface area contributed by atoms with Gasteiger partial charge in [0.25, 0.3) is 0 Å². The molecule has 0 saturated heterocycles. The van der Waals surface area contributed by atoms with Crippen molar-refractivity contribution in [3.8, 4) is 5.75 Å². The quantitative estimate of drug-likeness (QED) is 0.235. The predicted molar refractivity (Wildman–Crippen MR) is 111 cm³/mol. The van der Waals surface area contributed by atoms with Crippen LogP contribution in [0.1, 0.15) is 41.8 Å². The van der Waals surface area contributed by atoms with Crippen LogP contribution in [0.15, 0.2) is 42.5 Å². The molecule has 7 nitrogen and oxygen atoms in total. The second-order valence-corrected chi connectivity index (χ2v) is 6.70. The Morgan fingerprint density at radius 1 is 1.17 bits per heavy atom. The summed E-state index contributed by atoms with van der Waals surface area (Å²) in [6, 6.07) is 9.95. The van der Waals surface area contributed by atoms with E-state index < -0.39 is 29.7 Å². The number of aromatic hydroxyl groups is 1. The minimum Gasteiger partial charge on any atom is -0.505 e. The number of Topliss-reactive ketones (excluding diaryl/α,β-unsaturated/α-hetero) is 1. The summed E-state index contributed by atoms with van der Waals surface area (Å²) in [4.78, 5) is 34.8. The fraction of sp³-hybridized carbons (Fsp3) is 0.286. The summed E-state index contributed by atoms with van der Waals surface area (Å²) < 4.78 is 24.1. The maximum absolute atomic E-state index is 13.8. The number of carbonyl (C=O) groups is 3. The van der Waals surface area contributed by atoms with Crippen LogP contribution in [0.25, 0.3) is 0 Å². The van der Waals surface area contributed by atoms with Crippen LogP contribution in [0.4, 0.5) is 14.9 Å². The molecule has 0 spiro atoms. The van der Waals surface area contributed by atoms with Gasteiger partial charge in [-0.05, 0) is 61.7 Å². The molecule has 0 fully saturated rings. The third-order valence-corrected chi connectivity index (χ3v) is 4.39. The molecule has 0 unspecified atom stereocenters. The molecule has 0 radical (unpaired) electrons. The standard InChI is InChI=1S/C21H22FNO6S/c1-13(24)14-4-7-16(8-5-14)23-21(27)29-19(3-2-10-28-20(26)12-30)15-6-9-18(25)17(22)11-15/h4-9,11,19,25,30H,2-3,10,12H2,1H3,(H,23,27)/t19-/m0/s1. The van der Waals surface area contributed by atoms with E-state index in [4.69, 9.17) is 9.47 Å². The Hall–Kier alpha value is -3.07. The number of nitrogens with one attached hydrogen (secondary N) is 1. The highest BCUT2D eigenvalue weighted by molar-refractivity contribution is 7.81. The number of esters is 1. The number of anilines is 1. The Labute approximate surface area is 178 Å². The highest BCUT2D eigenvalue weighted by Gasteiger charge is 2.19. The lowest BCUT2D eigenvalue weighted by molar-refractivity contribution is -0.140. The molecule has 2 aromatic rings. The van der Waals surface area contributed by atoms with E-state index in [2.05, 4.69) is 17.9 Å². The number of hydrogen-bond acceptors (Lipinski definition) is 7. The monoisotopic (exact) mass is 435 g/mol. The van der Waals surface area contributed by atoms with Crippen molar-refractivity contribution in [1.29, 1.82) is 0 Å². The van der Waals surface area contributed by atoms with E-state index in [9.17, 15) is 23.9 Å². The summed E-state index contributed by atoms with van der Waals surface area (Å²) in [6.45, 7) is 1.53. The van der Waals surface area contributed by atoms with Gasteiger partial charge in [0.1, 0.15) is 6.10 Å². The van der Waals surface area contributed by atoms with E-state index in [1.165, 1.54) is 19.1 Å². The number of amides is 1. The van der Waals surface area contributed by atoms with Crippen LogP contribution in [0.3, 0.4) is 0 Å². The zero-order chi connectivity index (χ0) is 22.1. The Kier molecular flexibility index (Phi) is 8.67. The van der Waals surface area contributed by atoms with Crippen LogP contribution in [0, 0.1) is 5.82 Å². The number of ether oxygens (including phenoxy) is 2. The van der Waals surface area contributed by atoms with Gasteiger partial charge in [0.2, 0.25) is 0 Å². The topological polar surface area (TPSA) is 102 Å². The van der Waals surface area contributed by atoms with Crippen LogP contribution in [0.5, 0.6) is 5.75 Å². The largest absolute Gasteiger partial charge is 0.505 e. The molecule has 0 bridgehead atoms. The molecule has 0 saturated carbocycles. The summed E-state index contributed by atoms with van der Waals surface area (Å²) in [5.74, 6) is -1.98. The second-order valence-electron chi connectivity index (χ2n) is 6.38. The molecule has 0 heterocycles. The fourth-order valence-electron chi connectivity index (χ4n) is 2.58. The summed E-state index contributed by atoms with van der Waals surface area (Å²) in [5, 5.41) is 11.9. The van der Waals surface area contributed by atoms with Gasteiger partial charge in [-0.1, -0.05) is 6.07 Å². The molecular weight excluding hydrogens is 413 g/mol. The SMILES string of the molecule is CC(=O)c1ccc(NC(=O)O[C@@H](CCCOC(=O)CS)c2ccc(O)c(F)c2)cc1. The number of phenols is 1. The van der Waals surface area contributed by atoms with Crippen LogP contribution < -0.4 is 5.32 Å². The van der Waals surface area contributed by atoms with Gasteiger partial charge in [-0.2, -0.15) is 12.6 Å². The molecule has 2 aromatic carbocycles. The van der Waals surface area contributed by atoms with Gasteiger partial charge in [-0.15, -0.1) is 0 Å². The van der Waals surface area contributed by atoms with Crippen molar-refractivity contribution < 1.29 is 33.4 Å². The molecule has 9 heteroatoms. The van der Waals surface area contributed by atoms with Crippen LogP contribution in [-0.2, 0) is 14.3 Å². The first-order valence-corrected chi connectivity index (χ1v) is 9.77. The van der Waals surface area contributed by atoms with E-state index in [0.29, 0.717) is 23.2 Å². The Morgan fingerprint density at radius 3 is 2.47 bits per heavy atom. The molecule has 160 valence electrons. The van der Waals surface area contributed by atoms with E-state index in [-0.39, 0.29) is 24.6 Å². The van der Waals surface area contributed by atoms with Crippen molar-refractivity contribution in [1.82, 2.24) is 0 Å². The molecule has 30 heavy (non-hydrogen) atoms. The molecule has 1 amide bonds. The first kappa shape index (κ1) is 23.2. The van der Waals surface area contributed by atoms with Crippen molar-refractivity contribution in [3.05, 3.63) is 59.4 Å². The zero-order valence-electron chi connectivity index (χ0n) is 16.3. The molecule has 0 aliphatic carbocycles. The summed E-state index contributed by atoms with van der Waals surface area (Å²) in [7, 11) is 0. The van der Waals surface area contributed by atoms with E-state index in [0.717, 1.165) is 6.07 Å². The first-order valence-electron chi connectivity index (χ1n) is 9.13. The van der Waals surface area contributed by atoms with Crippen molar-refractivity contribution >= 4 is 36.2 Å². The van der Waals surface area contributed by atoms with Crippen molar-refractivity contribution in [2.45, 2.75) is 25.9 Å². The summed E-state index contributed by atoms with van der Waals surface area (Å²) >= 11 is 3.81. The van der Waals surface area contributed by atoms with Crippen LogP contribution in [0.2, 0.25) is 0 Å². The molecule has 0 aliphatic heterocycles. The zero-order valence-corrected chi connectivity index (χ0v) is 17.2. The minimum absolute atomic E-state index is 0.0477. The minimum atomic E-state index is -0.845. The van der Waals surface area contributed by atoms with Gasteiger partial charge in [-0.25, -0.2) is 9.18 Å². The summed E-state index contributed by atoms with van der Waals surface area (Å²) in [6.07, 6.45) is -1.02. The second kappa shape index (κ2) is 11.2. The maximum atomic E-state index is 13.8. The van der Waals surface area contributed by atoms with Crippen molar-refractivity contribution in [3.63, 3.8) is 0 Å². The number of hydrogen-bond donors (Lipinski definition) is 3. The number of rotatable bonds is 9. The molecular formula is C21H22FNO6S. The number of carbonyl (C=O) groups excluding carboxylic acids is 3. The molecule has 2 rings (SSSR count).